The normalized spacial score (nSPS) is 18.8. The van der Waals surface area contributed by atoms with Crippen LogP contribution in [0.25, 0.3) is 0 Å². The molecule has 0 aromatic rings. The van der Waals surface area contributed by atoms with Gasteiger partial charge in [-0.25, -0.2) is 4.58 Å². The molecule has 1 rings (SSSR count). The van der Waals surface area contributed by atoms with Crippen LogP contribution in [0.3, 0.4) is 0 Å². The summed E-state index contributed by atoms with van der Waals surface area (Å²) in [5.74, 6) is 0. The number of hydrogen-bond acceptors (Lipinski definition) is 0. The molecule has 1 aliphatic heterocycles. The third-order valence-corrected chi connectivity index (χ3v) is 1.68. The summed E-state index contributed by atoms with van der Waals surface area (Å²) in [5.41, 5.74) is 1.54. The fraction of sp³-hybridized carbons (Fsp3) is 0.833. The summed E-state index contributed by atoms with van der Waals surface area (Å²) in [4.78, 5) is 0. The molecule has 1 heterocycles. The first kappa shape index (κ1) is 8.40. The second-order valence-corrected chi connectivity index (χ2v) is 2.26. The molecule has 0 aliphatic carbocycles. The molecule has 0 bridgehead atoms. The summed E-state index contributed by atoms with van der Waals surface area (Å²) < 4.78 is 2.32. The predicted octanol–water partition coefficient (Wildman–Crippen LogP) is -2.11. The van der Waals surface area contributed by atoms with Gasteiger partial charge in [0, 0.05) is 19.8 Å². The molecule has 0 N–H and O–H groups in total. The van der Waals surface area contributed by atoms with Crippen LogP contribution in [0.15, 0.2) is 0 Å². The van der Waals surface area contributed by atoms with Crippen molar-refractivity contribution >= 4 is 5.71 Å². The minimum Gasteiger partial charge on any atom is -1.00 e. The second kappa shape index (κ2) is 3.43. The summed E-state index contributed by atoms with van der Waals surface area (Å²) in [7, 11) is 2.16. The molecule has 0 fully saturated rings. The van der Waals surface area contributed by atoms with Crippen molar-refractivity contribution in [2.75, 3.05) is 13.6 Å². The third kappa shape index (κ3) is 1.73. The van der Waals surface area contributed by atoms with Gasteiger partial charge in [0.05, 0.1) is 0 Å². The third-order valence-electron chi connectivity index (χ3n) is 1.68. The van der Waals surface area contributed by atoms with Crippen molar-refractivity contribution in [3.05, 3.63) is 0 Å². The van der Waals surface area contributed by atoms with E-state index in [0.29, 0.717) is 0 Å². The molecule has 8 heavy (non-hydrogen) atoms. The van der Waals surface area contributed by atoms with Crippen molar-refractivity contribution in [2.24, 2.45) is 0 Å². The Labute approximate surface area is 67.8 Å². The van der Waals surface area contributed by atoms with Crippen molar-refractivity contribution in [2.45, 2.75) is 19.8 Å². The maximum absolute atomic E-state index is 2.32. The van der Waals surface area contributed by atoms with Gasteiger partial charge in [0.1, 0.15) is 19.3 Å². The molecule has 1 nitrogen and oxygen atoms in total. The maximum atomic E-state index is 2.32. The molecule has 0 saturated carbocycles. The van der Waals surface area contributed by atoms with Crippen LogP contribution < -0.4 is 24.0 Å². The van der Waals surface area contributed by atoms with E-state index in [4.69, 9.17) is 0 Å². The van der Waals surface area contributed by atoms with Crippen molar-refractivity contribution in [3.63, 3.8) is 0 Å². The van der Waals surface area contributed by atoms with E-state index in [1.807, 2.05) is 0 Å². The molecular formula is C6H12IN. The van der Waals surface area contributed by atoms with Crippen LogP contribution in [0.1, 0.15) is 19.8 Å². The van der Waals surface area contributed by atoms with Gasteiger partial charge in [-0.05, 0) is 0 Å². The van der Waals surface area contributed by atoms with Crippen LogP contribution >= 0.6 is 0 Å². The Hall–Kier alpha value is 0.400. The van der Waals surface area contributed by atoms with E-state index < -0.39 is 0 Å². The molecule has 0 unspecified atom stereocenters. The maximum Gasteiger partial charge on any atom is 0.149 e. The molecule has 0 aromatic heterocycles. The lowest BCUT2D eigenvalue weighted by Crippen LogP contribution is -3.00. The number of rotatable bonds is 0. The van der Waals surface area contributed by atoms with E-state index in [0.717, 1.165) is 0 Å². The van der Waals surface area contributed by atoms with Gasteiger partial charge in [0.2, 0.25) is 0 Å². The van der Waals surface area contributed by atoms with Crippen molar-refractivity contribution in [1.29, 1.82) is 0 Å². The minimum absolute atomic E-state index is 0. The molecule has 0 radical (unpaired) electrons. The van der Waals surface area contributed by atoms with Gasteiger partial charge >= 0.3 is 0 Å². The Morgan fingerprint density at radius 1 is 1.50 bits per heavy atom. The Morgan fingerprint density at radius 3 is 2.25 bits per heavy atom. The van der Waals surface area contributed by atoms with Gasteiger partial charge in [-0.3, -0.25) is 0 Å². The quantitative estimate of drug-likeness (QED) is 0.328. The average Bonchev–Trinajstić information content (AvgIpc) is 1.91. The molecule has 1 aliphatic rings. The molecule has 0 saturated heterocycles. The van der Waals surface area contributed by atoms with Crippen molar-refractivity contribution in [3.8, 4) is 0 Å². The highest BCUT2D eigenvalue weighted by atomic mass is 127. The zero-order chi connectivity index (χ0) is 5.28. The predicted molar refractivity (Wildman–Crippen MR) is 31.0 cm³/mol. The van der Waals surface area contributed by atoms with Crippen LogP contribution in [0, 0.1) is 0 Å². The first-order chi connectivity index (χ1) is 3.30. The lowest BCUT2D eigenvalue weighted by atomic mass is 10.3. The highest BCUT2D eigenvalue weighted by Gasteiger charge is 2.11. The average molecular weight is 225 g/mol. The van der Waals surface area contributed by atoms with Gasteiger partial charge in [0.25, 0.3) is 0 Å². The van der Waals surface area contributed by atoms with Crippen LogP contribution in [0.4, 0.5) is 0 Å². The Bertz CT molecular complexity index is 95.1. The number of halogens is 1. The lowest BCUT2D eigenvalue weighted by molar-refractivity contribution is -0.489. The van der Waals surface area contributed by atoms with Gasteiger partial charge in [-0.15, -0.1) is 0 Å². The van der Waals surface area contributed by atoms with E-state index in [1.54, 1.807) is 5.71 Å². The van der Waals surface area contributed by atoms with Gasteiger partial charge in [-0.2, -0.15) is 0 Å². The van der Waals surface area contributed by atoms with E-state index in [1.165, 1.54) is 19.4 Å². The monoisotopic (exact) mass is 225 g/mol. The lowest BCUT2D eigenvalue weighted by Gasteiger charge is -1.83. The minimum atomic E-state index is 0. The summed E-state index contributed by atoms with van der Waals surface area (Å²) in [6.07, 6.45) is 2.68. The molecule has 2 heteroatoms. The topological polar surface area (TPSA) is 3.01 Å². The largest absolute Gasteiger partial charge is 1.00 e. The van der Waals surface area contributed by atoms with Gasteiger partial charge < -0.3 is 24.0 Å². The Kier molecular flexibility index (Phi) is 3.60. The van der Waals surface area contributed by atoms with E-state index in [9.17, 15) is 0 Å². The molecular weight excluding hydrogens is 213 g/mol. The number of hydrogen-bond donors (Lipinski definition) is 0. The number of nitrogens with zero attached hydrogens (tertiary/aromatic N) is 1. The fourth-order valence-electron chi connectivity index (χ4n) is 0.954. The summed E-state index contributed by atoms with van der Waals surface area (Å²) in [6, 6.07) is 0. The molecule has 0 aromatic carbocycles. The van der Waals surface area contributed by atoms with Crippen LogP contribution in [-0.4, -0.2) is 23.9 Å². The summed E-state index contributed by atoms with van der Waals surface area (Å²) in [6.45, 7) is 3.47. The first-order valence-corrected chi connectivity index (χ1v) is 2.84. The van der Waals surface area contributed by atoms with Gasteiger partial charge in [-0.1, -0.05) is 0 Å². The SMILES string of the molecule is CC1=[N+](C)CCC1.[I-]. The zero-order valence-corrected chi connectivity index (χ0v) is 7.60. The van der Waals surface area contributed by atoms with Crippen LogP contribution in [0.5, 0.6) is 0 Å². The van der Waals surface area contributed by atoms with Crippen LogP contribution in [-0.2, 0) is 0 Å². The van der Waals surface area contributed by atoms with E-state index >= 15 is 0 Å². The highest BCUT2D eigenvalue weighted by molar-refractivity contribution is 5.77. The molecule has 0 spiro atoms. The highest BCUT2D eigenvalue weighted by Crippen LogP contribution is 2.00. The summed E-state index contributed by atoms with van der Waals surface area (Å²) >= 11 is 0. The van der Waals surface area contributed by atoms with Gasteiger partial charge in [0.15, 0.2) is 0 Å². The second-order valence-electron chi connectivity index (χ2n) is 2.26. The van der Waals surface area contributed by atoms with Crippen LogP contribution in [0.2, 0.25) is 0 Å². The molecule has 0 amide bonds. The van der Waals surface area contributed by atoms with E-state index in [2.05, 4.69) is 18.5 Å². The smallest absolute Gasteiger partial charge is 0.149 e. The fourth-order valence-corrected chi connectivity index (χ4v) is 0.954. The van der Waals surface area contributed by atoms with Crippen molar-refractivity contribution in [1.82, 2.24) is 0 Å². The Balaban J connectivity index is 0.000000490. The molecule has 0 atom stereocenters. The standard InChI is InChI=1S/C6H12N.HI/c1-6-4-3-5-7(6)2;/h3-5H2,1-2H3;1H/q+1;/p-1. The Morgan fingerprint density at radius 2 is 2.12 bits per heavy atom. The van der Waals surface area contributed by atoms with E-state index in [-0.39, 0.29) is 24.0 Å². The molecule has 48 valence electrons. The van der Waals surface area contributed by atoms with Crippen molar-refractivity contribution < 1.29 is 28.6 Å². The summed E-state index contributed by atoms with van der Waals surface area (Å²) in [5, 5.41) is 0. The first-order valence-electron chi connectivity index (χ1n) is 2.84. The zero-order valence-electron chi connectivity index (χ0n) is 5.45.